The van der Waals surface area contributed by atoms with Gasteiger partial charge in [0.05, 0.1) is 19.7 Å². The van der Waals surface area contributed by atoms with Crippen molar-refractivity contribution in [1.82, 2.24) is 29.8 Å². The van der Waals surface area contributed by atoms with Crippen LogP contribution in [0.25, 0.3) is 11.4 Å². The Labute approximate surface area is 265 Å². The molecule has 2 bridgehead atoms. The van der Waals surface area contributed by atoms with Crippen LogP contribution in [0.2, 0.25) is 0 Å². The summed E-state index contributed by atoms with van der Waals surface area (Å²) in [5.41, 5.74) is 0.852. The first-order valence-electron chi connectivity index (χ1n) is 14.2. The maximum atomic E-state index is 13.1. The average molecular weight is 663 g/mol. The quantitative estimate of drug-likeness (QED) is 0.284. The highest BCUT2D eigenvalue weighted by atomic mass is 32.2. The van der Waals surface area contributed by atoms with Crippen LogP contribution in [0.15, 0.2) is 58.4 Å². The van der Waals surface area contributed by atoms with Gasteiger partial charge in [-0.1, -0.05) is 32.0 Å². The molecule has 1 aliphatic heterocycles. The van der Waals surface area contributed by atoms with E-state index in [4.69, 9.17) is 14.6 Å². The van der Waals surface area contributed by atoms with Crippen molar-refractivity contribution in [3.63, 3.8) is 0 Å². The lowest BCUT2D eigenvalue weighted by Gasteiger charge is -2.25. The van der Waals surface area contributed by atoms with E-state index in [2.05, 4.69) is 20.3 Å². The van der Waals surface area contributed by atoms with Gasteiger partial charge in [0.2, 0.25) is 17.7 Å². The minimum atomic E-state index is -3.87. The molecule has 0 spiro atoms. The smallest absolute Gasteiger partial charge is 0.290 e. The van der Waals surface area contributed by atoms with Gasteiger partial charge in [-0.25, -0.2) is 18.1 Å². The number of rotatable bonds is 6. The van der Waals surface area contributed by atoms with Crippen molar-refractivity contribution in [3.8, 4) is 17.1 Å². The summed E-state index contributed by atoms with van der Waals surface area (Å²) in [5, 5.41) is 14.2. The lowest BCUT2D eigenvalue weighted by Crippen LogP contribution is -2.52. The number of imidazole rings is 1. The van der Waals surface area contributed by atoms with Crippen LogP contribution in [-0.2, 0) is 35.7 Å². The zero-order valence-corrected chi connectivity index (χ0v) is 26.7. The highest BCUT2D eigenvalue weighted by Crippen LogP contribution is 2.23. The van der Waals surface area contributed by atoms with E-state index >= 15 is 0 Å². The number of carbonyl (C=O) groups is 4. The lowest BCUT2D eigenvalue weighted by molar-refractivity contribution is -0.136. The van der Waals surface area contributed by atoms with E-state index in [0.29, 0.717) is 31.7 Å². The number of ether oxygens (including phenoxy) is 1. The van der Waals surface area contributed by atoms with Crippen LogP contribution in [0, 0.1) is 5.92 Å². The molecule has 14 nitrogen and oxygen atoms in total. The van der Waals surface area contributed by atoms with Gasteiger partial charge in [0.25, 0.3) is 16.5 Å². The van der Waals surface area contributed by atoms with Crippen LogP contribution in [0.5, 0.6) is 5.75 Å². The number of nitrogens with zero attached hydrogens (tertiary/aromatic N) is 3. The number of benzene rings is 1. The highest BCUT2D eigenvalue weighted by Gasteiger charge is 2.25. The number of carbonyl (C=O) groups excluding carboxylic acids is 3. The predicted octanol–water partition coefficient (Wildman–Crippen LogP) is 1.55. The van der Waals surface area contributed by atoms with Gasteiger partial charge in [-0.15, -0.1) is 11.3 Å². The molecule has 45 heavy (non-hydrogen) atoms. The molecule has 16 heteroatoms. The molecule has 1 atom stereocenters. The molecule has 244 valence electrons. The van der Waals surface area contributed by atoms with E-state index in [1.165, 1.54) is 11.0 Å². The van der Waals surface area contributed by atoms with Crippen molar-refractivity contribution in [3.05, 3.63) is 54.2 Å². The summed E-state index contributed by atoms with van der Waals surface area (Å²) in [7, 11) is -3.87. The van der Waals surface area contributed by atoms with Crippen LogP contribution in [0.4, 0.5) is 0 Å². The van der Waals surface area contributed by atoms with Gasteiger partial charge < -0.3 is 29.9 Å². The van der Waals surface area contributed by atoms with Crippen LogP contribution < -0.4 is 20.1 Å². The minimum absolute atomic E-state index is 0.0911. The molecule has 0 aliphatic carbocycles. The zero-order valence-electron chi connectivity index (χ0n) is 25.0. The van der Waals surface area contributed by atoms with E-state index in [1.807, 2.05) is 48.9 Å². The van der Waals surface area contributed by atoms with E-state index in [0.717, 1.165) is 22.7 Å². The van der Waals surface area contributed by atoms with Gasteiger partial charge in [-0.3, -0.25) is 19.2 Å². The number of hydrogen-bond acceptors (Lipinski definition) is 9. The van der Waals surface area contributed by atoms with Crippen molar-refractivity contribution in [2.24, 2.45) is 5.92 Å². The third kappa shape index (κ3) is 11.0. The fraction of sp³-hybridized carbons (Fsp3) is 0.414. The molecule has 3 heterocycles. The topological polar surface area (TPSA) is 189 Å². The Morgan fingerprint density at radius 2 is 2.02 bits per heavy atom. The van der Waals surface area contributed by atoms with Crippen molar-refractivity contribution in [2.75, 3.05) is 32.8 Å². The zero-order chi connectivity index (χ0) is 32.8. The molecule has 1 aromatic carbocycles. The Kier molecular flexibility index (Phi) is 13.5. The number of thiophene rings is 1. The third-order valence-electron chi connectivity index (χ3n) is 6.52. The second-order valence-electron chi connectivity index (χ2n) is 10.4. The summed E-state index contributed by atoms with van der Waals surface area (Å²) >= 11 is 1.04. The van der Waals surface area contributed by atoms with Crippen LogP contribution in [0.3, 0.4) is 0 Å². The van der Waals surface area contributed by atoms with Crippen LogP contribution in [0.1, 0.15) is 26.7 Å². The maximum absolute atomic E-state index is 13.1. The van der Waals surface area contributed by atoms with E-state index in [1.54, 1.807) is 17.6 Å². The molecule has 0 saturated carbocycles. The monoisotopic (exact) mass is 662 g/mol. The van der Waals surface area contributed by atoms with Gasteiger partial charge in [0, 0.05) is 37.6 Å². The summed E-state index contributed by atoms with van der Waals surface area (Å²) in [6, 6.07) is 9.73. The molecule has 3 amide bonds. The standard InChI is InChI=1S/C28H36N6O6S2.CH2O2/c1-20(2)16-23-28(37)30-10-13-33-12-9-29-27(33)21-6-3-7-22(17-21)40-14-5-11-34(19-24(35)32-23)25(36)18-31-42(38,39)26-8-4-15-41-26;2-1-3/h3-4,6-9,12,15,17,20,23,31H,5,10-11,13-14,16,18-19H2,1-2H3,(H,30,37)(H,32,35);1H,(H,2,3)/t23-;/m1./s1. The first kappa shape index (κ1) is 35.2. The van der Waals surface area contributed by atoms with E-state index in [-0.39, 0.29) is 42.2 Å². The van der Waals surface area contributed by atoms with Crippen LogP contribution in [-0.4, -0.2) is 91.0 Å². The summed E-state index contributed by atoms with van der Waals surface area (Å²) in [4.78, 5) is 53.4. The molecule has 0 saturated heterocycles. The molecular formula is C29H38N6O8S2. The summed E-state index contributed by atoms with van der Waals surface area (Å²) < 4.78 is 35.4. The highest BCUT2D eigenvalue weighted by molar-refractivity contribution is 7.91. The normalized spacial score (nSPS) is 16.5. The van der Waals surface area contributed by atoms with Gasteiger partial charge in [-0.05, 0) is 42.3 Å². The molecule has 0 unspecified atom stereocenters. The number of nitrogens with one attached hydrogen (secondary N) is 3. The van der Waals surface area contributed by atoms with Gasteiger partial charge in [0.1, 0.15) is 21.8 Å². The van der Waals surface area contributed by atoms with Crippen molar-refractivity contribution in [1.29, 1.82) is 0 Å². The number of amides is 3. The van der Waals surface area contributed by atoms with Gasteiger partial charge in [-0.2, -0.15) is 0 Å². The SMILES string of the molecule is CC(C)C[C@H]1NC(=O)CN(C(=O)CNS(=O)(=O)c2cccs2)CCCOc2cccc(c2)-c2nccn2CCNC1=O.O=CO. The summed E-state index contributed by atoms with van der Waals surface area (Å²) in [6.45, 7) is 3.98. The molecule has 0 fully saturated rings. The Bertz CT molecular complexity index is 1520. The Morgan fingerprint density at radius 3 is 2.73 bits per heavy atom. The fourth-order valence-electron chi connectivity index (χ4n) is 4.51. The summed E-state index contributed by atoms with van der Waals surface area (Å²) in [5.74, 6) is 0.0528. The molecule has 3 aromatic rings. The number of fused-ring (bicyclic) bond motifs is 4. The Morgan fingerprint density at radius 1 is 1.24 bits per heavy atom. The molecule has 4 rings (SSSR count). The molecule has 0 radical (unpaired) electrons. The lowest BCUT2D eigenvalue weighted by atomic mass is 10.0. The van der Waals surface area contributed by atoms with Crippen LogP contribution >= 0.6 is 11.3 Å². The van der Waals surface area contributed by atoms with E-state index in [9.17, 15) is 22.8 Å². The van der Waals surface area contributed by atoms with Crippen molar-refractivity contribution >= 4 is 45.6 Å². The number of hydrogen-bond donors (Lipinski definition) is 4. The van der Waals surface area contributed by atoms with Gasteiger partial charge in [0.15, 0.2) is 0 Å². The number of sulfonamides is 1. The fourth-order valence-corrected chi connectivity index (χ4v) is 6.52. The van der Waals surface area contributed by atoms with Gasteiger partial charge >= 0.3 is 0 Å². The molecular weight excluding hydrogens is 624 g/mol. The largest absolute Gasteiger partial charge is 0.494 e. The van der Waals surface area contributed by atoms with Crippen molar-refractivity contribution in [2.45, 2.75) is 43.5 Å². The first-order valence-corrected chi connectivity index (χ1v) is 16.6. The predicted molar refractivity (Wildman–Crippen MR) is 167 cm³/mol. The van der Waals surface area contributed by atoms with Crippen molar-refractivity contribution < 1.29 is 37.4 Å². The summed E-state index contributed by atoms with van der Waals surface area (Å²) in [6.07, 6.45) is 4.32. The Balaban J connectivity index is 0.00000177. The molecule has 2 aromatic heterocycles. The molecule has 1 aliphatic rings. The first-order chi connectivity index (χ1) is 21.5. The Hall–Kier alpha value is -4.28. The second-order valence-corrected chi connectivity index (χ2v) is 13.3. The maximum Gasteiger partial charge on any atom is 0.290 e. The number of aromatic nitrogens is 2. The average Bonchev–Trinajstić information content (AvgIpc) is 3.71. The number of carboxylic acid groups (broad SMARTS) is 1. The van der Waals surface area contributed by atoms with E-state index < -0.39 is 34.4 Å². The second kappa shape index (κ2) is 17.3. The minimum Gasteiger partial charge on any atom is -0.494 e. The third-order valence-corrected chi connectivity index (χ3v) is 9.32. The molecule has 4 N–H and O–H groups in total.